The quantitative estimate of drug-likeness (QED) is 0.299. The van der Waals surface area contributed by atoms with E-state index < -0.39 is 5.97 Å². The number of hydrogen-bond donors (Lipinski definition) is 0. The average molecular weight is 351 g/mol. The summed E-state index contributed by atoms with van der Waals surface area (Å²) in [5, 5.41) is 11.0. The number of carbonyl (C=O) groups excluding carboxylic acids is 1. The maximum atomic E-state index is 11.0. The van der Waals surface area contributed by atoms with Crippen LogP contribution in [0.4, 0.5) is 0 Å². The fourth-order valence-corrected chi connectivity index (χ4v) is 3.06. The Bertz CT molecular complexity index is 244. The van der Waals surface area contributed by atoms with Crippen LogP contribution in [-0.4, -0.2) is 5.97 Å². The summed E-state index contributed by atoms with van der Waals surface area (Å²) in [5.74, 6) is -1.04. The summed E-state index contributed by atoms with van der Waals surface area (Å²) in [6.07, 6.45) is 19.6. The molecule has 0 aliphatic heterocycles. The summed E-state index contributed by atoms with van der Waals surface area (Å²) < 4.78 is 0. The van der Waals surface area contributed by atoms with Gasteiger partial charge in [-0.05, 0) is 18.8 Å². The van der Waals surface area contributed by atoms with Crippen molar-refractivity contribution in [1.29, 1.82) is 0 Å². The molecule has 132 valence electrons. The summed E-state index contributed by atoms with van der Waals surface area (Å²) >= 11 is 0. The number of carboxylic acids is 1. The molecule has 0 rings (SSSR count). The first kappa shape index (κ1) is 26.3. The fourth-order valence-electron chi connectivity index (χ4n) is 3.06. The molecule has 1 atom stereocenters. The number of carbonyl (C=O) groups is 1. The zero-order valence-corrected chi connectivity index (χ0v) is 19.3. The first-order valence-electron chi connectivity index (χ1n) is 9.93. The summed E-state index contributed by atoms with van der Waals surface area (Å²) in [5.41, 5.74) is 0. The van der Waals surface area contributed by atoms with Crippen LogP contribution in [0, 0.1) is 5.92 Å². The Morgan fingerprint density at radius 2 is 1.00 bits per heavy atom. The Morgan fingerprint density at radius 3 is 1.39 bits per heavy atom. The normalized spacial score (nSPS) is 11.9. The van der Waals surface area contributed by atoms with Crippen molar-refractivity contribution in [2.75, 3.05) is 0 Å². The van der Waals surface area contributed by atoms with E-state index in [1.165, 1.54) is 70.6 Å². The molecule has 2 nitrogen and oxygen atoms in total. The van der Waals surface area contributed by atoms with Crippen molar-refractivity contribution < 1.29 is 61.3 Å². The minimum atomic E-state index is -0.837. The molecule has 0 saturated carbocycles. The third-order valence-corrected chi connectivity index (χ3v) is 4.65. The monoisotopic (exact) mass is 350 g/mol. The van der Waals surface area contributed by atoms with Crippen LogP contribution < -0.4 is 56.5 Å². The third kappa shape index (κ3) is 19.3. The molecule has 0 radical (unpaired) electrons. The predicted molar refractivity (Wildman–Crippen MR) is 93.7 cm³/mol. The van der Waals surface area contributed by atoms with E-state index in [1.54, 1.807) is 0 Å². The third-order valence-electron chi connectivity index (χ3n) is 4.65. The molecule has 0 aromatic carbocycles. The second kappa shape index (κ2) is 21.1. The van der Waals surface area contributed by atoms with Gasteiger partial charge in [0.15, 0.2) is 0 Å². The average Bonchev–Trinajstić information content (AvgIpc) is 2.51. The summed E-state index contributed by atoms with van der Waals surface area (Å²) in [4.78, 5) is 11.0. The van der Waals surface area contributed by atoms with E-state index in [0.29, 0.717) is 0 Å². The molecule has 0 bridgehead atoms. The minimum absolute atomic E-state index is 0. The summed E-state index contributed by atoms with van der Waals surface area (Å²) in [6, 6.07) is 0. The van der Waals surface area contributed by atoms with E-state index in [2.05, 4.69) is 13.8 Å². The van der Waals surface area contributed by atoms with Crippen LogP contribution in [0.25, 0.3) is 0 Å². The van der Waals surface area contributed by atoms with E-state index >= 15 is 0 Å². The van der Waals surface area contributed by atoms with Gasteiger partial charge in [-0.25, -0.2) is 0 Å². The van der Waals surface area contributed by atoms with Crippen LogP contribution in [0.1, 0.15) is 117 Å². The molecule has 0 N–H and O–H groups in total. The van der Waals surface area contributed by atoms with Crippen LogP contribution in [0.15, 0.2) is 0 Å². The predicted octanol–water partition coefficient (Wildman–Crippen LogP) is 2.64. The van der Waals surface area contributed by atoms with E-state index in [9.17, 15) is 9.90 Å². The topological polar surface area (TPSA) is 40.1 Å². The molecule has 0 aromatic rings. The second-order valence-electron chi connectivity index (χ2n) is 6.84. The molecule has 23 heavy (non-hydrogen) atoms. The van der Waals surface area contributed by atoms with Crippen molar-refractivity contribution in [3.05, 3.63) is 0 Å². The summed E-state index contributed by atoms with van der Waals surface area (Å²) in [7, 11) is 0. The molecular formula is C20H39KO2. The molecule has 0 aromatic heterocycles. The van der Waals surface area contributed by atoms with E-state index in [1.807, 2.05) is 0 Å². The van der Waals surface area contributed by atoms with Gasteiger partial charge in [0.1, 0.15) is 0 Å². The Hall–Kier alpha value is 1.11. The zero-order chi connectivity index (χ0) is 16.5. The van der Waals surface area contributed by atoms with Gasteiger partial charge in [0.2, 0.25) is 0 Å². The molecule has 0 spiro atoms. The van der Waals surface area contributed by atoms with E-state index in [-0.39, 0.29) is 57.3 Å². The molecule has 0 fully saturated rings. The van der Waals surface area contributed by atoms with Crippen LogP contribution in [0.3, 0.4) is 0 Å². The zero-order valence-electron chi connectivity index (χ0n) is 16.2. The Morgan fingerprint density at radius 1 is 0.652 bits per heavy atom. The van der Waals surface area contributed by atoms with Crippen LogP contribution >= 0.6 is 0 Å². The SMILES string of the molecule is CCCCCCCCCCCCCCC(CCCC)C(=O)[O-].[K+]. The van der Waals surface area contributed by atoms with Crippen LogP contribution in [-0.2, 0) is 4.79 Å². The van der Waals surface area contributed by atoms with Gasteiger partial charge in [0.05, 0.1) is 0 Å². The van der Waals surface area contributed by atoms with Gasteiger partial charge in [0.25, 0.3) is 0 Å². The number of unbranched alkanes of at least 4 members (excludes halogenated alkanes) is 12. The Kier molecular flexibility index (Phi) is 24.2. The number of rotatable bonds is 17. The van der Waals surface area contributed by atoms with Crippen molar-refractivity contribution in [3.8, 4) is 0 Å². The number of hydrogen-bond acceptors (Lipinski definition) is 2. The van der Waals surface area contributed by atoms with E-state index in [4.69, 9.17) is 0 Å². The van der Waals surface area contributed by atoms with Gasteiger partial charge in [0, 0.05) is 5.97 Å². The number of carboxylic acid groups (broad SMARTS) is 1. The standard InChI is InChI=1S/C20H40O2.K/c1-3-5-7-8-9-10-11-12-13-14-15-16-18-19(20(21)22)17-6-4-2;/h19H,3-18H2,1-2H3,(H,21,22);/q;+1/p-1. The molecule has 0 saturated heterocycles. The molecule has 0 amide bonds. The molecular weight excluding hydrogens is 311 g/mol. The maximum Gasteiger partial charge on any atom is 1.00 e. The first-order chi connectivity index (χ1) is 10.7. The molecule has 3 heteroatoms. The van der Waals surface area contributed by atoms with Gasteiger partial charge in [-0.15, -0.1) is 0 Å². The number of aliphatic carboxylic acids is 1. The van der Waals surface area contributed by atoms with Crippen LogP contribution in [0.2, 0.25) is 0 Å². The van der Waals surface area contributed by atoms with Crippen molar-refractivity contribution in [2.45, 2.75) is 117 Å². The van der Waals surface area contributed by atoms with Crippen molar-refractivity contribution in [2.24, 2.45) is 5.92 Å². The van der Waals surface area contributed by atoms with Crippen molar-refractivity contribution in [3.63, 3.8) is 0 Å². The molecule has 0 aliphatic rings. The van der Waals surface area contributed by atoms with Gasteiger partial charge in [-0.2, -0.15) is 0 Å². The van der Waals surface area contributed by atoms with Crippen molar-refractivity contribution >= 4 is 5.97 Å². The molecule has 0 heterocycles. The largest absolute Gasteiger partial charge is 1.00 e. The van der Waals surface area contributed by atoms with Crippen LogP contribution in [0.5, 0.6) is 0 Å². The maximum absolute atomic E-state index is 11.0. The smallest absolute Gasteiger partial charge is 0.550 e. The Labute approximate surface area is 188 Å². The second-order valence-corrected chi connectivity index (χ2v) is 6.84. The molecule has 0 aliphatic carbocycles. The Balaban J connectivity index is 0. The van der Waals surface area contributed by atoms with Gasteiger partial charge in [-0.3, -0.25) is 0 Å². The van der Waals surface area contributed by atoms with Crippen molar-refractivity contribution in [1.82, 2.24) is 0 Å². The summed E-state index contributed by atoms with van der Waals surface area (Å²) in [6.45, 7) is 4.37. The van der Waals surface area contributed by atoms with Gasteiger partial charge in [-0.1, -0.05) is 104 Å². The minimum Gasteiger partial charge on any atom is -0.550 e. The van der Waals surface area contributed by atoms with Gasteiger partial charge < -0.3 is 9.90 Å². The van der Waals surface area contributed by atoms with Gasteiger partial charge >= 0.3 is 51.4 Å². The first-order valence-corrected chi connectivity index (χ1v) is 9.93. The fraction of sp³-hybridized carbons (Fsp3) is 0.950. The van der Waals surface area contributed by atoms with E-state index in [0.717, 1.165) is 32.1 Å². The molecule has 1 unspecified atom stereocenters.